The van der Waals surface area contributed by atoms with Crippen LogP contribution in [-0.4, -0.2) is 57.6 Å². The molecule has 1 unspecified atom stereocenters. The van der Waals surface area contributed by atoms with Crippen LogP contribution in [0.25, 0.3) is 0 Å². The average Bonchev–Trinajstić information content (AvgIpc) is 2.38. The molecule has 0 aliphatic carbocycles. The summed E-state index contributed by atoms with van der Waals surface area (Å²) >= 11 is 0. The predicted molar refractivity (Wildman–Crippen MR) is 80.5 cm³/mol. The highest BCUT2D eigenvalue weighted by Gasteiger charge is 2.26. The molecule has 0 aliphatic heterocycles. The lowest BCUT2D eigenvalue weighted by Crippen LogP contribution is -2.37. The third-order valence-electron chi connectivity index (χ3n) is 3.16. The molecule has 0 heterocycles. The summed E-state index contributed by atoms with van der Waals surface area (Å²) in [6, 6.07) is 10.2. The van der Waals surface area contributed by atoms with E-state index in [1.807, 2.05) is 56.2 Å². The molecule has 0 saturated carbocycles. The summed E-state index contributed by atoms with van der Waals surface area (Å²) in [5, 5.41) is 0. The molecule has 0 radical (unpaired) electrons. The van der Waals surface area contributed by atoms with Gasteiger partial charge in [0.1, 0.15) is 5.60 Å². The number of hydrogen-bond donors (Lipinski definition) is 0. The van der Waals surface area contributed by atoms with E-state index in [1.165, 1.54) is 0 Å². The van der Waals surface area contributed by atoms with Crippen molar-refractivity contribution in [2.75, 3.05) is 41.8 Å². The van der Waals surface area contributed by atoms with Gasteiger partial charge in [0.05, 0.1) is 6.54 Å². The Hall–Kier alpha value is -1.55. The number of rotatable bonds is 4. The van der Waals surface area contributed by atoms with Crippen molar-refractivity contribution in [1.29, 1.82) is 0 Å². The van der Waals surface area contributed by atoms with Crippen molar-refractivity contribution >= 4 is 5.96 Å². The summed E-state index contributed by atoms with van der Waals surface area (Å²) in [5.41, 5.74) is 0.733. The molecule has 1 aromatic rings. The number of ether oxygens (including phenoxy) is 1. The smallest absolute Gasteiger partial charge is 0.195 e. The molecule has 0 aliphatic rings. The monoisotopic (exact) mass is 263 g/mol. The van der Waals surface area contributed by atoms with Crippen molar-refractivity contribution in [2.45, 2.75) is 12.5 Å². The number of nitrogens with zero attached hydrogens (tertiary/aromatic N) is 3. The summed E-state index contributed by atoms with van der Waals surface area (Å²) in [5.74, 6) is 0.930. The van der Waals surface area contributed by atoms with Gasteiger partial charge in [0, 0.05) is 35.3 Å². The van der Waals surface area contributed by atoms with Crippen LogP contribution in [0.15, 0.2) is 35.3 Å². The van der Waals surface area contributed by atoms with Crippen LogP contribution < -0.4 is 0 Å². The van der Waals surface area contributed by atoms with Gasteiger partial charge in [-0.05, 0) is 12.5 Å². The minimum Gasteiger partial charge on any atom is -0.372 e. The lowest BCUT2D eigenvalue weighted by molar-refractivity contribution is 0.0102. The van der Waals surface area contributed by atoms with Crippen LogP contribution >= 0.6 is 0 Å². The zero-order valence-corrected chi connectivity index (χ0v) is 12.8. The average molecular weight is 263 g/mol. The van der Waals surface area contributed by atoms with E-state index in [0.717, 1.165) is 11.5 Å². The first-order valence-corrected chi connectivity index (χ1v) is 6.40. The van der Waals surface area contributed by atoms with Gasteiger partial charge in [-0.3, -0.25) is 0 Å². The first kappa shape index (κ1) is 15.5. The Bertz CT molecular complexity index is 405. The molecule has 4 nitrogen and oxygen atoms in total. The Kier molecular flexibility index (Phi) is 5.36. The predicted octanol–water partition coefficient (Wildman–Crippen LogP) is 2.03. The van der Waals surface area contributed by atoms with Gasteiger partial charge >= 0.3 is 0 Å². The summed E-state index contributed by atoms with van der Waals surface area (Å²) in [6.45, 7) is 2.65. The fraction of sp³-hybridized carbons (Fsp3) is 0.533. The van der Waals surface area contributed by atoms with Crippen LogP contribution in [0.1, 0.15) is 12.5 Å². The van der Waals surface area contributed by atoms with E-state index in [0.29, 0.717) is 6.54 Å². The summed E-state index contributed by atoms with van der Waals surface area (Å²) < 4.78 is 5.69. The van der Waals surface area contributed by atoms with Crippen molar-refractivity contribution in [3.63, 3.8) is 0 Å². The molecule has 0 spiro atoms. The van der Waals surface area contributed by atoms with Crippen molar-refractivity contribution in [1.82, 2.24) is 9.80 Å². The molecule has 19 heavy (non-hydrogen) atoms. The molecule has 0 saturated heterocycles. The van der Waals surface area contributed by atoms with Gasteiger partial charge in [-0.1, -0.05) is 30.3 Å². The van der Waals surface area contributed by atoms with Crippen molar-refractivity contribution < 1.29 is 4.74 Å². The minimum absolute atomic E-state index is 0.404. The molecule has 106 valence electrons. The minimum atomic E-state index is -0.404. The van der Waals surface area contributed by atoms with Gasteiger partial charge in [-0.15, -0.1) is 0 Å². The van der Waals surface area contributed by atoms with E-state index in [-0.39, 0.29) is 0 Å². The van der Waals surface area contributed by atoms with Crippen LogP contribution in [0, 0.1) is 0 Å². The Morgan fingerprint density at radius 3 is 2.05 bits per heavy atom. The van der Waals surface area contributed by atoms with Gasteiger partial charge in [-0.2, -0.15) is 0 Å². The van der Waals surface area contributed by atoms with Gasteiger partial charge in [0.2, 0.25) is 0 Å². The number of methoxy groups -OCH3 is 1. The molecular weight excluding hydrogens is 238 g/mol. The Morgan fingerprint density at radius 1 is 1.11 bits per heavy atom. The van der Waals surface area contributed by atoms with Crippen molar-refractivity contribution in [3.8, 4) is 0 Å². The van der Waals surface area contributed by atoms with E-state index < -0.39 is 5.60 Å². The fourth-order valence-electron chi connectivity index (χ4n) is 1.97. The third kappa shape index (κ3) is 3.96. The van der Waals surface area contributed by atoms with Crippen molar-refractivity contribution in [3.05, 3.63) is 35.9 Å². The largest absolute Gasteiger partial charge is 0.372 e. The first-order chi connectivity index (χ1) is 8.90. The molecule has 0 N–H and O–H groups in total. The third-order valence-corrected chi connectivity index (χ3v) is 3.16. The number of aliphatic imine (C=N–C) groups is 1. The van der Waals surface area contributed by atoms with Crippen LogP contribution in [-0.2, 0) is 10.3 Å². The van der Waals surface area contributed by atoms with Crippen LogP contribution in [0.4, 0.5) is 0 Å². The maximum absolute atomic E-state index is 5.69. The Labute approximate surface area is 116 Å². The zero-order valence-electron chi connectivity index (χ0n) is 12.8. The van der Waals surface area contributed by atoms with E-state index in [9.17, 15) is 0 Å². The normalized spacial score (nSPS) is 13.6. The van der Waals surface area contributed by atoms with E-state index in [4.69, 9.17) is 4.74 Å². The highest BCUT2D eigenvalue weighted by Crippen LogP contribution is 2.24. The van der Waals surface area contributed by atoms with Crippen LogP contribution in [0.2, 0.25) is 0 Å². The summed E-state index contributed by atoms with van der Waals surface area (Å²) in [6.07, 6.45) is 0. The number of hydrogen-bond acceptors (Lipinski definition) is 2. The topological polar surface area (TPSA) is 28.1 Å². The SMILES string of the molecule is COC(C)(CN=C(N(C)C)N(C)C)c1ccccc1. The van der Waals surface area contributed by atoms with Gasteiger partial charge in [0.25, 0.3) is 0 Å². The van der Waals surface area contributed by atoms with Crippen molar-refractivity contribution in [2.24, 2.45) is 4.99 Å². The number of benzene rings is 1. The summed E-state index contributed by atoms with van der Waals surface area (Å²) in [7, 11) is 9.70. The Balaban J connectivity index is 2.96. The first-order valence-electron chi connectivity index (χ1n) is 6.40. The van der Waals surface area contributed by atoms with Gasteiger partial charge < -0.3 is 14.5 Å². The maximum atomic E-state index is 5.69. The molecule has 0 fully saturated rings. The lowest BCUT2D eigenvalue weighted by atomic mass is 9.96. The lowest BCUT2D eigenvalue weighted by Gasteiger charge is -2.29. The van der Waals surface area contributed by atoms with E-state index in [2.05, 4.69) is 24.0 Å². The second-order valence-electron chi connectivity index (χ2n) is 5.21. The van der Waals surface area contributed by atoms with Gasteiger partial charge in [0.15, 0.2) is 5.96 Å². The highest BCUT2D eigenvalue weighted by atomic mass is 16.5. The van der Waals surface area contributed by atoms with E-state index >= 15 is 0 Å². The second-order valence-corrected chi connectivity index (χ2v) is 5.21. The molecule has 1 rings (SSSR count). The zero-order chi connectivity index (χ0) is 14.5. The molecule has 0 aromatic heterocycles. The van der Waals surface area contributed by atoms with Crippen LogP contribution in [0.5, 0.6) is 0 Å². The standard InChI is InChI=1S/C15H25N3O/c1-15(19-6,13-10-8-7-9-11-13)12-16-14(17(2)3)18(4)5/h7-11H,12H2,1-6H3. The highest BCUT2D eigenvalue weighted by molar-refractivity contribution is 5.79. The maximum Gasteiger partial charge on any atom is 0.195 e. The molecule has 1 aromatic carbocycles. The quantitative estimate of drug-likeness (QED) is 0.614. The Morgan fingerprint density at radius 2 is 1.63 bits per heavy atom. The molecule has 4 heteroatoms. The second kappa shape index (κ2) is 6.57. The molecule has 1 atom stereocenters. The van der Waals surface area contributed by atoms with Gasteiger partial charge in [-0.25, -0.2) is 4.99 Å². The molecule has 0 amide bonds. The molecule has 0 bridgehead atoms. The summed E-state index contributed by atoms with van der Waals surface area (Å²) in [4.78, 5) is 8.69. The van der Waals surface area contributed by atoms with Crippen LogP contribution in [0.3, 0.4) is 0 Å². The van der Waals surface area contributed by atoms with E-state index in [1.54, 1.807) is 7.11 Å². The number of guanidine groups is 1. The molecular formula is C15H25N3O. The fourth-order valence-corrected chi connectivity index (χ4v) is 1.97.